The molecule has 2 fully saturated rings. The highest BCUT2D eigenvalue weighted by molar-refractivity contribution is 7.18. The van der Waals surface area contributed by atoms with E-state index in [-0.39, 0.29) is 5.91 Å². The average Bonchev–Trinajstić information content (AvgIpc) is 3.15. The molecule has 2 aliphatic rings. The predicted molar refractivity (Wildman–Crippen MR) is 92.6 cm³/mol. The zero-order chi connectivity index (χ0) is 15.8. The Kier molecular flexibility index (Phi) is 4.05. The molecule has 1 saturated heterocycles. The molecular formula is C18H23N3OS. The van der Waals surface area contributed by atoms with Crippen molar-refractivity contribution in [3.05, 3.63) is 22.5 Å². The number of carbonyl (C=O) groups excluding carboxylic acids is 1. The lowest BCUT2D eigenvalue weighted by Crippen LogP contribution is -2.24. The second kappa shape index (κ2) is 6.19. The fourth-order valence-corrected chi connectivity index (χ4v) is 5.15. The summed E-state index contributed by atoms with van der Waals surface area (Å²) in [5.41, 5.74) is 1.03. The fraction of sp³-hybridized carbons (Fsp3) is 0.611. The summed E-state index contributed by atoms with van der Waals surface area (Å²) in [5.74, 6) is 1.78. The average molecular weight is 329 g/mol. The number of amides is 1. The van der Waals surface area contributed by atoms with Gasteiger partial charge in [-0.25, -0.2) is 9.97 Å². The van der Waals surface area contributed by atoms with Crippen molar-refractivity contribution in [3.8, 4) is 0 Å². The lowest BCUT2D eigenvalue weighted by atomic mass is 9.88. The van der Waals surface area contributed by atoms with Gasteiger partial charge in [0.2, 0.25) is 5.91 Å². The normalized spacial score (nSPS) is 19.9. The highest BCUT2D eigenvalue weighted by Gasteiger charge is 2.24. The van der Waals surface area contributed by atoms with Crippen molar-refractivity contribution in [2.75, 3.05) is 6.54 Å². The minimum atomic E-state index is 0.261. The van der Waals surface area contributed by atoms with Gasteiger partial charge in [-0.15, -0.1) is 11.3 Å². The molecule has 23 heavy (non-hydrogen) atoms. The van der Waals surface area contributed by atoms with Gasteiger partial charge in [0.25, 0.3) is 0 Å². The van der Waals surface area contributed by atoms with Crippen molar-refractivity contribution in [2.24, 2.45) is 0 Å². The van der Waals surface area contributed by atoms with Gasteiger partial charge in [0, 0.05) is 23.2 Å². The van der Waals surface area contributed by atoms with Crippen LogP contribution in [0.5, 0.6) is 0 Å². The van der Waals surface area contributed by atoms with Crippen LogP contribution in [-0.2, 0) is 11.3 Å². The van der Waals surface area contributed by atoms with E-state index in [4.69, 9.17) is 0 Å². The van der Waals surface area contributed by atoms with Crippen molar-refractivity contribution < 1.29 is 4.79 Å². The molecule has 2 aromatic heterocycles. The highest BCUT2D eigenvalue weighted by atomic mass is 32.1. The summed E-state index contributed by atoms with van der Waals surface area (Å²) in [4.78, 5) is 25.8. The molecule has 1 aliphatic heterocycles. The Morgan fingerprint density at radius 2 is 2.04 bits per heavy atom. The van der Waals surface area contributed by atoms with E-state index in [1.54, 1.807) is 0 Å². The van der Waals surface area contributed by atoms with Crippen LogP contribution in [-0.4, -0.2) is 27.3 Å². The highest BCUT2D eigenvalue weighted by Crippen LogP contribution is 2.39. The van der Waals surface area contributed by atoms with Gasteiger partial charge in [-0.05, 0) is 38.2 Å². The number of hydrogen-bond donors (Lipinski definition) is 0. The molecule has 3 heterocycles. The Bertz CT molecular complexity index is 733. The van der Waals surface area contributed by atoms with E-state index in [1.165, 1.54) is 42.4 Å². The van der Waals surface area contributed by atoms with E-state index in [1.807, 2.05) is 23.2 Å². The van der Waals surface area contributed by atoms with Gasteiger partial charge in [0.05, 0.1) is 12.2 Å². The Balaban J connectivity index is 1.68. The maximum atomic E-state index is 11.9. The van der Waals surface area contributed by atoms with Crippen LogP contribution in [0.15, 0.2) is 6.07 Å². The van der Waals surface area contributed by atoms with Gasteiger partial charge in [0.1, 0.15) is 10.7 Å². The van der Waals surface area contributed by atoms with Crippen molar-refractivity contribution in [3.63, 3.8) is 0 Å². The zero-order valence-corrected chi connectivity index (χ0v) is 14.5. The van der Waals surface area contributed by atoms with Crippen LogP contribution in [0, 0.1) is 6.92 Å². The molecule has 0 spiro atoms. The van der Waals surface area contributed by atoms with Crippen LogP contribution in [0.25, 0.3) is 10.2 Å². The van der Waals surface area contributed by atoms with E-state index in [0.717, 1.165) is 29.3 Å². The molecule has 0 unspecified atom stereocenters. The van der Waals surface area contributed by atoms with Crippen molar-refractivity contribution in [1.29, 1.82) is 0 Å². The number of likely N-dealkylation sites (tertiary alicyclic amines) is 1. The smallest absolute Gasteiger partial charge is 0.222 e. The van der Waals surface area contributed by atoms with Gasteiger partial charge in [-0.1, -0.05) is 19.3 Å². The van der Waals surface area contributed by atoms with Gasteiger partial charge in [0.15, 0.2) is 0 Å². The first-order valence-electron chi connectivity index (χ1n) is 8.75. The number of nitrogens with zero attached hydrogens (tertiary/aromatic N) is 3. The van der Waals surface area contributed by atoms with Crippen LogP contribution in [0.4, 0.5) is 0 Å². The van der Waals surface area contributed by atoms with Crippen molar-refractivity contribution in [2.45, 2.75) is 64.3 Å². The number of aryl methyl sites for hydroxylation is 1. The predicted octanol–water partition coefficient (Wildman–Crippen LogP) is 4.17. The Hall–Kier alpha value is -1.49. The number of fused-ring (bicyclic) bond motifs is 1. The van der Waals surface area contributed by atoms with Crippen molar-refractivity contribution >= 4 is 27.5 Å². The third-order valence-corrected chi connectivity index (χ3v) is 6.31. The topological polar surface area (TPSA) is 46.1 Å². The molecule has 0 atom stereocenters. The Morgan fingerprint density at radius 3 is 2.78 bits per heavy atom. The van der Waals surface area contributed by atoms with E-state index in [2.05, 4.69) is 16.0 Å². The van der Waals surface area contributed by atoms with Crippen LogP contribution < -0.4 is 0 Å². The van der Waals surface area contributed by atoms with E-state index in [9.17, 15) is 4.79 Å². The second-order valence-corrected chi connectivity index (χ2v) is 7.90. The maximum Gasteiger partial charge on any atom is 0.222 e. The third kappa shape index (κ3) is 2.99. The number of thiophene rings is 1. The summed E-state index contributed by atoms with van der Waals surface area (Å²) in [6, 6.07) is 2.31. The van der Waals surface area contributed by atoms with Gasteiger partial charge >= 0.3 is 0 Å². The van der Waals surface area contributed by atoms with E-state index >= 15 is 0 Å². The SMILES string of the molecule is Cc1nc(CN2CCCC2=O)c2cc(C3CCCCC3)sc2n1. The quantitative estimate of drug-likeness (QED) is 0.849. The summed E-state index contributed by atoms with van der Waals surface area (Å²) >= 11 is 1.84. The number of aromatic nitrogens is 2. The molecule has 0 radical (unpaired) electrons. The summed E-state index contributed by atoms with van der Waals surface area (Å²) in [7, 11) is 0. The van der Waals surface area contributed by atoms with Gasteiger partial charge < -0.3 is 4.90 Å². The van der Waals surface area contributed by atoms with E-state index in [0.29, 0.717) is 18.9 Å². The van der Waals surface area contributed by atoms with Crippen LogP contribution in [0.3, 0.4) is 0 Å². The molecule has 0 bridgehead atoms. The van der Waals surface area contributed by atoms with Crippen LogP contribution in [0.1, 0.15) is 67.3 Å². The van der Waals surface area contributed by atoms with Crippen LogP contribution >= 0.6 is 11.3 Å². The molecule has 4 rings (SSSR count). The minimum absolute atomic E-state index is 0.261. The van der Waals surface area contributed by atoms with Crippen molar-refractivity contribution in [1.82, 2.24) is 14.9 Å². The number of carbonyl (C=O) groups is 1. The molecule has 0 aromatic carbocycles. The molecule has 122 valence electrons. The minimum Gasteiger partial charge on any atom is -0.337 e. The van der Waals surface area contributed by atoms with Crippen LogP contribution in [0.2, 0.25) is 0 Å². The second-order valence-electron chi connectivity index (χ2n) is 6.84. The lowest BCUT2D eigenvalue weighted by Gasteiger charge is -2.19. The Labute approximate surface area is 140 Å². The zero-order valence-electron chi connectivity index (χ0n) is 13.7. The number of rotatable bonds is 3. The first-order valence-corrected chi connectivity index (χ1v) is 9.57. The standard InChI is InChI=1S/C18H23N3OS/c1-12-19-15(11-21-9-5-8-17(21)22)14-10-16(23-18(14)20-12)13-6-3-2-4-7-13/h10,13H,2-9,11H2,1H3. The first-order chi connectivity index (χ1) is 11.2. The maximum absolute atomic E-state index is 11.9. The molecule has 5 heteroatoms. The summed E-state index contributed by atoms with van der Waals surface area (Å²) in [6.45, 7) is 3.46. The van der Waals surface area contributed by atoms with Gasteiger partial charge in [-0.2, -0.15) is 0 Å². The third-order valence-electron chi connectivity index (χ3n) is 5.12. The largest absolute Gasteiger partial charge is 0.337 e. The summed E-state index contributed by atoms with van der Waals surface area (Å²) in [5, 5.41) is 1.17. The molecule has 0 N–H and O–H groups in total. The molecular weight excluding hydrogens is 306 g/mol. The monoisotopic (exact) mass is 329 g/mol. The molecule has 1 saturated carbocycles. The number of hydrogen-bond acceptors (Lipinski definition) is 4. The van der Waals surface area contributed by atoms with Gasteiger partial charge in [-0.3, -0.25) is 4.79 Å². The summed E-state index contributed by atoms with van der Waals surface area (Å²) in [6.07, 6.45) is 8.34. The Morgan fingerprint density at radius 1 is 1.22 bits per heavy atom. The first kappa shape index (κ1) is 15.1. The van der Waals surface area contributed by atoms with E-state index < -0.39 is 0 Å². The molecule has 1 amide bonds. The molecule has 1 aliphatic carbocycles. The molecule has 4 nitrogen and oxygen atoms in total. The molecule has 2 aromatic rings. The summed E-state index contributed by atoms with van der Waals surface area (Å²) < 4.78 is 0. The lowest BCUT2D eigenvalue weighted by molar-refractivity contribution is -0.128. The fourth-order valence-electron chi connectivity index (χ4n) is 3.88.